The summed E-state index contributed by atoms with van der Waals surface area (Å²) in [5.74, 6) is 0.329. The molecule has 0 atom stereocenters. The van der Waals surface area contributed by atoms with E-state index in [0.717, 1.165) is 18.8 Å². The van der Waals surface area contributed by atoms with Gasteiger partial charge in [0.1, 0.15) is 6.07 Å². The minimum Gasteiger partial charge on any atom is -0.396 e. The van der Waals surface area contributed by atoms with E-state index in [1.165, 1.54) is 0 Å². The first-order chi connectivity index (χ1) is 7.24. The van der Waals surface area contributed by atoms with Crippen LogP contribution >= 0.6 is 11.6 Å². The zero-order chi connectivity index (χ0) is 10.8. The second-order valence-electron chi connectivity index (χ2n) is 3.73. The van der Waals surface area contributed by atoms with Crippen LogP contribution in [0.5, 0.6) is 0 Å². The largest absolute Gasteiger partial charge is 0.396 e. The molecule has 1 aliphatic heterocycles. The van der Waals surface area contributed by atoms with Crippen LogP contribution in [0.1, 0.15) is 5.56 Å². The lowest BCUT2D eigenvalue weighted by atomic mass is 9.99. The Morgan fingerprint density at radius 3 is 2.87 bits per heavy atom. The molecule has 1 aromatic carbocycles. The number of aliphatic hydroxyl groups is 1. The molecule has 0 bridgehead atoms. The van der Waals surface area contributed by atoms with Crippen molar-refractivity contribution >= 4 is 17.3 Å². The summed E-state index contributed by atoms with van der Waals surface area (Å²) in [6.45, 7) is 1.80. The fourth-order valence-corrected chi connectivity index (χ4v) is 1.91. The molecule has 1 N–H and O–H groups in total. The van der Waals surface area contributed by atoms with Gasteiger partial charge in [0.25, 0.3) is 0 Å². The van der Waals surface area contributed by atoms with Gasteiger partial charge in [-0.15, -0.1) is 0 Å². The molecule has 0 radical (unpaired) electrons. The number of hydrogen-bond donors (Lipinski definition) is 1. The molecule has 15 heavy (non-hydrogen) atoms. The third kappa shape index (κ3) is 1.92. The predicted octanol–water partition coefficient (Wildman–Crippen LogP) is 1.64. The number of hydrogen-bond acceptors (Lipinski definition) is 3. The van der Waals surface area contributed by atoms with Crippen LogP contribution in [0.25, 0.3) is 0 Å². The highest BCUT2D eigenvalue weighted by molar-refractivity contribution is 6.30. The summed E-state index contributed by atoms with van der Waals surface area (Å²) in [4.78, 5) is 2.06. The maximum atomic E-state index is 8.93. The number of benzene rings is 1. The molecule has 0 aliphatic carbocycles. The van der Waals surface area contributed by atoms with E-state index in [4.69, 9.17) is 22.0 Å². The van der Waals surface area contributed by atoms with Gasteiger partial charge in [0, 0.05) is 30.6 Å². The zero-order valence-corrected chi connectivity index (χ0v) is 8.91. The average Bonchev–Trinajstić information content (AvgIpc) is 2.16. The van der Waals surface area contributed by atoms with Crippen molar-refractivity contribution in [3.63, 3.8) is 0 Å². The summed E-state index contributed by atoms with van der Waals surface area (Å²) in [5.41, 5.74) is 1.51. The Morgan fingerprint density at radius 1 is 1.53 bits per heavy atom. The van der Waals surface area contributed by atoms with Crippen molar-refractivity contribution in [2.75, 3.05) is 24.6 Å². The summed E-state index contributed by atoms with van der Waals surface area (Å²) >= 11 is 5.88. The van der Waals surface area contributed by atoms with Crippen LogP contribution < -0.4 is 4.90 Å². The van der Waals surface area contributed by atoms with Gasteiger partial charge in [-0.25, -0.2) is 0 Å². The summed E-state index contributed by atoms with van der Waals surface area (Å²) < 4.78 is 0. The standard InChI is InChI=1S/C11H11ClN2O/c12-10-2-1-9(4-13)11(3-10)14-5-8(6-14)7-15/h1-3,8,15H,5-7H2. The highest BCUT2D eigenvalue weighted by atomic mass is 35.5. The van der Waals surface area contributed by atoms with Crippen LogP contribution in [-0.4, -0.2) is 24.8 Å². The van der Waals surface area contributed by atoms with Crippen molar-refractivity contribution < 1.29 is 5.11 Å². The summed E-state index contributed by atoms with van der Waals surface area (Å²) in [6, 6.07) is 7.38. The van der Waals surface area contributed by atoms with Crippen molar-refractivity contribution in [3.05, 3.63) is 28.8 Å². The Morgan fingerprint density at radius 2 is 2.27 bits per heavy atom. The van der Waals surface area contributed by atoms with E-state index < -0.39 is 0 Å². The lowest BCUT2D eigenvalue weighted by Crippen LogP contribution is -2.48. The van der Waals surface area contributed by atoms with Gasteiger partial charge >= 0.3 is 0 Å². The molecule has 1 aromatic rings. The number of nitrogens with zero attached hydrogens (tertiary/aromatic N) is 2. The number of halogens is 1. The van der Waals surface area contributed by atoms with Crippen molar-refractivity contribution in [2.24, 2.45) is 5.92 Å². The summed E-state index contributed by atoms with van der Waals surface area (Å²) in [5, 5.41) is 18.5. The second-order valence-corrected chi connectivity index (χ2v) is 4.16. The van der Waals surface area contributed by atoms with Gasteiger partial charge in [0.2, 0.25) is 0 Å². The minimum atomic E-state index is 0.207. The molecule has 0 aromatic heterocycles. The molecule has 0 amide bonds. The first-order valence-electron chi connectivity index (χ1n) is 4.80. The average molecular weight is 223 g/mol. The van der Waals surface area contributed by atoms with Crippen LogP contribution in [0.2, 0.25) is 5.02 Å². The molecule has 1 fully saturated rings. The Kier molecular flexibility index (Phi) is 2.81. The highest BCUT2D eigenvalue weighted by Gasteiger charge is 2.27. The molecule has 4 heteroatoms. The maximum Gasteiger partial charge on any atom is 0.101 e. The third-order valence-corrected chi connectivity index (χ3v) is 2.87. The summed E-state index contributed by atoms with van der Waals surface area (Å²) in [7, 11) is 0. The lowest BCUT2D eigenvalue weighted by molar-refractivity contribution is 0.200. The van der Waals surface area contributed by atoms with Crippen LogP contribution in [0.3, 0.4) is 0 Å². The second kappa shape index (κ2) is 4.09. The van der Waals surface area contributed by atoms with E-state index in [9.17, 15) is 0 Å². The lowest BCUT2D eigenvalue weighted by Gasteiger charge is -2.40. The molecule has 0 saturated carbocycles. The predicted molar refractivity (Wildman–Crippen MR) is 59.0 cm³/mol. The molecule has 2 rings (SSSR count). The Balaban J connectivity index is 2.21. The molecular weight excluding hydrogens is 212 g/mol. The Labute approximate surface area is 93.5 Å². The van der Waals surface area contributed by atoms with Crippen molar-refractivity contribution in [2.45, 2.75) is 0 Å². The smallest absolute Gasteiger partial charge is 0.101 e. The van der Waals surface area contributed by atoms with E-state index in [0.29, 0.717) is 16.5 Å². The monoisotopic (exact) mass is 222 g/mol. The number of anilines is 1. The Bertz CT molecular complexity index is 408. The van der Waals surface area contributed by atoms with E-state index in [2.05, 4.69) is 11.0 Å². The van der Waals surface area contributed by atoms with Gasteiger partial charge < -0.3 is 10.0 Å². The first kappa shape index (κ1) is 10.3. The Hall–Kier alpha value is -1.24. The van der Waals surface area contributed by atoms with E-state index in [-0.39, 0.29) is 6.61 Å². The van der Waals surface area contributed by atoms with Crippen molar-refractivity contribution in [1.82, 2.24) is 0 Å². The minimum absolute atomic E-state index is 0.207. The van der Waals surface area contributed by atoms with Gasteiger partial charge in [0.15, 0.2) is 0 Å². The number of rotatable bonds is 2. The number of aliphatic hydroxyl groups excluding tert-OH is 1. The molecule has 1 heterocycles. The third-order valence-electron chi connectivity index (χ3n) is 2.64. The van der Waals surface area contributed by atoms with Gasteiger partial charge in [-0.3, -0.25) is 0 Å². The van der Waals surface area contributed by atoms with Crippen LogP contribution in [0, 0.1) is 17.2 Å². The SMILES string of the molecule is N#Cc1ccc(Cl)cc1N1CC(CO)C1. The fraction of sp³-hybridized carbons (Fsp3) is 0.364. The van der Waals surface area contributed by atoms with Crippen LogP contribution in [0.4, 0.5) is 5.69 Å². The highest BCUT2D eigenvalue weighted by Crippen LogP contribution is 2.29. The molecule has 1 aliphatic rings. The number of nitriles is 1. The molecule has 1 saturated heterocycles. The maximum absolute atomic E-state index is 8.93. The van der Waals surface area contributed by atoms with Crippen molar-refractivity contribution in [3.8, 4) is 6.07 Å². The molecule has 78 valence electrons. The normalized spacial score (nSPS) is 15.9. The van der Waals surface area contributed by atoms with Gasteiger partial charge in [-0.1, -0.05) is 11.6 Å². The van der Waals surface area contributed by atoms with Gasteiger partial charge in [0.05, 0.1) is 11.3 Å². The van der Waals surface area contributed by atoms with Crippen LogP contribution in [0.15, 0.2) is 18.2 Å². The molecule has 0 unspecified atom stereocenters. The molecule has 0 spiro atoms. The first-order valence-corrected chi connectivity index (χ1v) is 5.18. The van der Waals surface area contributed by atoms with Crippen LogP contribution in [-0.2, 0) is 0 Å². The van der Waals surface area contributed by atoms with Crippen molar-refractivity contribution in [1.29, 1.82) is 5.26 Å². The molecular formula is C11H11ClN2O. The molecule has 3 nitrogen and oxygen atoms in total. The van der Waals surface area contributed by atoms with Gasteiger partial charge in [-0.2, -0.15) is 5.26 Å². The van der Waals surface area contributed by atoms with E-state index >= 15 is 0 Å². The summed E-state index contributed by atoms with van der Waals surface area (Å²) in [6.07, 6.45) is 0. The zero-order valence-electron chi connectivity index (χ0n) is 8.15. The van der Waals surface area contributed by atoms with Gasteiger partial charge in [-0.05, 0) is 18.2 Å². The van der Waals surface area contributed by atoms with E-state index in [1.807, 2.05) is 0 Å². The quantitative estimate of drug-likeness (QED) is 0.828. The topological polar surface area (TPSA) is 47.3 Å². The fourth-order valence-electron chi connectivity index (χ4n) is 1.74. The van der Waals surface area contributed by atoms with E-state index in [1.54, 1.807) is 18.2 Å².